The molecule has 2 aromatic rings. The number of nitro groups is 1. The van der Waals surface area contributed by atoms with Gasteiger partial charge in [-0.1, -0.05) is 12.1 Å². The Bertz CT molecular complexity index is 650. The Labute approximate surface area is 115 Å². The molecule has 7 nitrogen and oxygen atoms in total. The monoisotopic (exact) mass is 277 g/mol. The summed E-state index contributed by atoms with van der Waals surface area (Å²) in [4.78, 5) is 26.2. The molecule has 0 aliphatic rings. The van der Waals surface area contributed by atoms with E-state index in [1.165, 1.54) is 7.11 Å². The van der Waals surface area contributed by atoms with Gasteiger partial charge in [0.15, 0.2) is 0 Å². The molecule has 0 spiro atoms. The van der Waals surface area contributed by atoms with Crippen LogP contribution in [0.2, 0.25) is 0 Å². The van der Waals surface area contributed by atoms with E-state index in [-0.39, 0.29) is 13.0 Å². The average Bonchev–Trinajstić information content (AvgIpc) is 2.75. The van der Waals surface area contributed by atoms with Crippen LogP contribution in [0.15, 0.2) is 24.3 Å². The average molecular weight is 277 g/mol. The van der Waals surface area contributed by atoms with Crippen LogP contribution in [0.25, 0.3) is 11.0 Å². The SMILES string of the molecule is COC(=O)CC(C[N+](=O)[O-])c1nc2ccccc2n1C. The number of hydrogen-bond donors (Lipinski definition) is 0. The van der Waals surface area contributed by atoms with Crippen molar-refractivity contribution in [2.45, 2.75) is 12.3 Å². The predicted molar refractivity (Wildman–Crippen MR) is 71.9 cm³/mol. The molecular formula is C13H15N3O4. The fourth-order valence-corrected chi connectivity index (χ4v) is 2.23. The second kappa shape index (κ2) is 5.68. The summed E-state index contributed by atoms with van der Waals surface area (Å²) in [7, 11) is 3.05. The van der Waals surface area contributed by atoms with Crippen LogP contribution < -0.4 is 0 Å². The number of benzene rings is 1. The zero-order valence-electron chi connectivity index (χ0n) is 11.3. The quantitative estimate of drug-likeness (QED) is 0.469. The number of para-hydroxylation sites is 2. The van der Waals surface area contributed by atoms with E-state index < -0.39 is 16.8 Å². The van der Waals surface area contributed by atoms with Crippen LogP contribution in [0.5, 0.6) is 0 Å². The molecule has 0 amide bonds. The molecule has 0 radical (unpaired) electrons. The summed E-state index contributed by atoms with van der Waals surface area (Å²) in [6.07, 6.45) is -0.0609. The second-order valence-corrected chi connectivity index (χ2v) is 4.51. The highest BCUT2D eigenvalue weighted by Gasteiger charge is 2.26. The maximum absolute atomic E-state index is 11.4. The highest BCUT2D eigenvalue weighted by Crippen LogP contribution is 2.24. The number of aryl methyl sites for hydroxylation is 1. The molecule has 2 rings (SSSR count). The van der Waals surface area contributed by atoms with E-state index in [9.17, 15) is 14.9 Å². The molecular weight excluding hydrogens is 262 g/mol. The number of carbonyl (C=O) groups is 1. The lowest BCUT2D eigenvalue weighted by Gasteiger charge is -2.11. The fraction of sp³-hybridized carbons (Fsp3) is 0.385. The van der Waals surface area contributed by atoms with E-state index >= 15 is 0 Å². The summed E-state index contributed by atoms with van der Waals surface area (Å²) in [5.74, 6) is -0.563. The molecule has 1 unspecified atom stereocenters. The van der Waals surface area contributed by atoms with Gasteiger partial charge in [-0.3, -0.25) is 14.9 Å². The number of methoxy groups -OCH3 is 1. The minimum absolute atomic E-state index is 0.0609. The van der Waals surface area contributed by atoms with Crippen molar-refractivity contribution in [2.24, 2.45) is 7.05 Å². The maximum Gasteiger partial charge on any atom is 0.306 e. The Balaban J connectivity index is 2.41. The van der Waals surface area contributed by atoms with Crippen LogP contribution in [0.3, 0.4) is 0 Å². The van der Waals surface area contributed by atoms with Gasteiger partial charge in [-0.15, -0.1) is 0 Å². The number of aromatic nitrogens is 2. The van der Waals surface area contributed by atoms with E-state index in [1.807, 2.05) is 24.3 Å². The third kappa shape index (κ3) is 2.76. The van der Waals surface area contributed by atoms with Gasteiger partial charge in [-0.05, 0) is 12.1 Å². The number of hydrogen-bond acceptors (Lipinski definition) is 5. The van der Waals surface area contributed by atoms with Crippen LogP contribution in [0.1, 0.15) is 18.2 Å². The van der Waals surface area contributed by atoms with Crippen molar-refractivity contribution in [2.75, 3.05) is 13.7 Å². The van der Waals surface area contributed by atoms with E-state index in [1.54, 1.807) is 11.6 Å². The number of nitrogens with zero attached hydrogens (tertiary/aromatic N) is 3. The summed E-state index contributed by atoms with van der Waals surface area (Å²) in [5.41, 5.74) is 1.63. The van der Waals surface area contributed by atoms with Crippen molar-refractivity contribution < 1.29 is 14.5 Å². The van der Waals surface area contributed by atoms with Crippen LogP contribution >= 0.6 is 0 Å². The second-order valence-electron chi connectivity index (χ2n) is 4.51. The van der Waals surface area contributed by atoms with Gasteiger partial charge in [-0.2, -0.15) is 0 Å². The molecule has 1 aromatic carbocycles. The highest BCUT2D eigenvalue weighted by atomic mass is 16.6. The Hall–Kier alpha value is -2.44. The number of imidazole rings is 1. The van der Waals surface area contributed by atoms with Crippen molar-refractivity contribution in [1.29, 1.82) is 0 Å². The van der Waals surface area contributed by atoms with Crippen molar-refractivity contribution in [3.05, 3.63) is 40.2 Å². The zero-order valence-corrected chi connectivity index (χ0v) is 11.3. The molecule has 20 heavy (non-hydrogen) atoms. The van der Waals surface area contributed by atoms with Crippen LogP contribution in [0.4, 0.5) is 0 Å². The summed E-state index contributed by atoms with van der Waals surface area (Å²) < 4.78 is 6.38. The fourth-order valence-electron chi connectivity index (χ4n) is 2.23. The van der Waals surface area contributed by atoms with E-state index in [0.717, 1.165) is 11.0 Å². The van der Waals surface area contributed by atoms with Crippen LogP contribution in [-0.2, 0) is 16.6 Å². The Morgan fingerprint density at radius 2 is 2.20 bits per heavy atom. The number of esters is 1. The molecule has 1 aromatic heterocycles. The molecule has 0 saturated carbocycles. The lowest BCUT2D eigenvalue weighted by atomic mass is 10.1. The third-order valence-electron chi connectivity index (χ3n) is 3.20. The maximum atomic E-state index is 11.4. The smallest absolute Gasteiger partial charge is 0.306 e. The first-order valence-electron chi connectivity index (χ1n) is 6.13. The standard InChI is InChI=1S/C13H15N3O4/c1-15-11-6-4-3-5-10(11)14-13(15)9(8-16(18)19)7-12(17)20-2/h3-6,9H,7-8H2,1-2H3. The van der Waals surface area contributed by atoms with E-state index in [0.29, 0.717) is 5.82 Å². The lowest BCUT2D eigenvalue weighted by molar-refractivity contribution is -0.483. The Morgan fingerprint density at radius 3 is 2.80 bits per heavy atom. The molecule has 1 heterocycles. The van der Waals surface area contributed by atoms with Crippen molar-refractivity contribution in [3.8, 4) is 0 Å². The molecule has 0 bridgehead atoms. The Kier molecular flexibility index (Phi) is 3.97. The largest absolute Gasteiger partial charge is 0.469 e. The molecule has 0 N–H and O–H groups in total. The zero-order chi connectivity index (χ0) is 14.7. The molecule has 0 aliphatic carbocycles. The summed E-state index contributed by atoms with van der Waals surface area (Å²) in [6.45, 7) is -0.355. The number of fused-ring (bicyclic) bond motifs is 1. The van der Waals surface area contributed by atoms with Gasteiger partial charge < -0.3 is 9.30 Å². The minimum Gasteiger partial charge on any atom is -0.469 e. The van der Waals surface area contributed by atoms with Crippen molar-refractivity contribution in [3.63, 3.8) is 0 Å². The highest BCUT2D eigenvalue weighted by molar-refractivity contribution is 5.76. The van der Waals surface area contributed by atoms with Gasteiger partial charge >= 0.3 is 5.97 Å². The molecule has 0 aliphatic heterocycles. The van der Waals surface area contributed by atoms with Crippen LogP contribution in [-0.4, -0.2) is 34.1 Å². The first kappa shape index (κ1) is 14.0. The summed E-state index contributed by atoms with van der Waals surface area (Å²) in [5, 5.41) is 10.8. The predicted octanol–water partition coefficient (Wildman–Crippen LogP) is 1.50. The minimum atomic E-state index is -0.602. The molecule has 7 heteroatoms. The topological polar surface area (TPSA) is 87.3 Å². The molecule has 106 valence electrons. The van der Waals surface area contributed by atoms with Gasteiger partial charge in [0.25, 0.3) is 0 Å². The lowest BCUT2D eigenvalue weighted by Crippen LogP contribution is -2.20. The summed E-state index contributed by atoms with van der Waals surface area (Å²) >= 11 is 0. The third-order valence-corrected chi connectivity index (χ3v) is 3.20. The van der Waals surface area contributed by atoms with Gasteiger partial charge in [0.05, 0.1) is 30.5 Å². The molecule has 0 saturated heterocycles. The Morgan fingerprint density at radius 1 is 1.50 bits per heavy atom. The molecule has 1 atom stereocenters. The van der Waals surface area contributed by atoms with Crippen molar-refractivity contribution in [1.82, 2.24) is 9.55 Å². The molecule has 0 fully saturated rings. The summed E-state index contributed by atoms with van der Waals surface area (Å²) in [6, 6.07) is 7.44. The van der Waals surface area contributed by atoms with Gasteiger partial charge in [-0.25, -0.2) is 4.98 Å². The van der Waals surface area contributed by atoms with E-state index in [4.69, 9.17) is 0 Å². The first-order chi connectivity index (χ1) is 9.52. The van der Waals surface area contributed by atoms with E-state index in [2.05, 4.69) is 9.72 Å². The number of carbonyl (C=O) groups excluding carboxylic acids is 1. The number of rotatable bonds is 5. The van der Waals surface area contributed by atoms with Gasteiger partial charge in [0.2, 0.25) is 6.54 Å². The van der Waals surface area contributed by atoms with Crippen molar-refractivity contribution >= 4 is 17.0 Å². The first-order valence-corrected chi connectivity index (χ1v) is 6.13. The van der Waals surface area contributed by atoms with Gasteiger partial charge in [0.1, 0.15) is 5.82 Å². The van der Waals surface area contributed by atoms with Gasteiger partial charge in [0, 0.05) is 12.0 Å². The normalized spacial score (nSPS) is 12.3. The number of ether oxygens (including phenoxy) is 1. The van der Waals surface area contributed by atoms with Crippen LogP contribution in [0, 0.1) is 10.1 Å².